The molecular weight excluding hydrogens is 442 g/mol. The second-order valence-corrected chi connectivity index (χ2v) is 7.60. The molecular formula is C28H25N3O4. The molecule has 35 heavy (non-hydrogen) atoms. The summed E-state index contributed by atoms with van der Waals surface area (Å²) in [5.74, 6) is -0.0431. The Labute approximate surface area is 203 Å². The fourth-order valence-corrected chi connectivity index (χ4v) is 3.39. The molecule has 7 heteroatoms. The zero-order chi connectivity index (χ0) is 24.5. The summed E-state index contributed by atoms with van der Waals surface area (Å²) in [4.78, 5) is 24.6. The maximum atomic E-state index is 12.4. The summed E-state index contributed by atoms with van der Waals surface area (Å²) in [5, 5.41) is 9.35. The monoisotopic (exact) mass is 467 g/mol. The number of carbonyl (C=O) groups is 2. The van der Waals surface area contributed by atoms with E-state index < -0.39 is 5.97 Å². The summed E-state index contributed by atoms with van der Waals surface area (Å²) in [6.45, 7) is 2.31. The Morgan fingerprint density at radius 1 is 0.857 bits per heavy atom. The number of hydrogen-bond acceptors (Lipinski definition) is 6. The zero-order valence-corrected chi connectivity index (χ0v) is 19.2. The normalized spacial score (nSPS) is 10.8. The van der Waals surface area contributed by atoms with Crippen LogP contribution in [0.5, 0.6) is 11.5 Å². The van der Waals surface area contributed by atoms with Crippen molar-refractivity contribution >= 4 is 34.6 Å². The fraction of sp³-hybridized carbons (Fsp3) is 0.107. The van der Waals surface area contributed by atoms with Gasteiger partial charge in [-0.3, -0.25) is 4.79 Å². The van der Waals surface area contributed by atoms with Gasteiger partial charge in [0.25, 0.3) is 5.91 Å². The van der Waals surface area contributed by atoms with E-state index in [-0.39, 0.29) is 12.5 Å². The Morgan fingerprint density at radius 3 is 2.43 bits per heavy atom. The van der Waals surface area contributed by atoms with E-state index in [1.165, 1.54) is 6.21 Å². The summed E-state index contributed by atoms with van der Waals surface area (Å²) in [7, 11) is 0. The topological polar surface area (TPSA) is 89.0 Å². The van der Waals surface area contributed by atoms with Crippen molar-refractivity contribution in [3.8, 4) is 11.5 Å². The molecule has 0 spiro atoms. The second kappa shape index (κ2) is 11.5. The minimum Gasteiger partial charge on any atom is -0.490 e. The molecule has 7 nitrogen and oxygen atoms in total. The standard InChI is InChI=1S/C28H25N3O4/c1-2-34-26-16-20(12-15-25(26)35-28(33)22-9-4-3-5-10-22)18-30-31-27(32)19-29-24-14-13-21-8-6-7-11-23(21)17-24/h3-18,29H,2,19H2,1H3,(H,31,32). The van der Waals surface area contributed by atoms with Crippen LogP contribution in [0.25, 0.3) is 10.8 Å². The molecule has 0 aromatic heterocycles. The van der Waals surface area contributed by atoms with E-state index in [9.17, 15) is 9.59 Å². The van der Waals surface area contributed by atoms with Gasteiger partial charge in [-0.15, -0.1) is 0 Å². The van der Waals surface area contributed by atoms with Gasteiger partial charge in [-0.05, 0) is 65.7 Å². The largest absolute Gasteiger partial charge is 0.490 e. The van der Waals surface area contributed by atoms with Gasteiger partial charge in [-0.2, -0.15) is 5.10 Å². The molecule has 4 aromatic rings. The highest BCUT2D eigenvalue weighted by Crippen LogP contribution is 2.29. The van der Waals surface area contributed by atoms with Crippen LogP contribution in [-0.4, -0.2) is 31.2 Å². The third-order valence-corrected chi connectivity index (χ3v) is 5.09. The van der Waals surface area contributed by atoms with E-state index in [1.54, 1.807) is 42.5 Å². The van der Waals surface area contributed by atoms with Crippen LogP contribution in [0.2, 0.25) is 0 Å². The highest BCUT2D eigenvalue weighted by atomic mass is 16.6. The van der Waals surface area contributed by atoms with Crippen molar-refractivity contribution in [2.75, 3.05) is 18.5 Å². The lowest BCUT2D eigenvalue weighted by Gasteiger charge is -2.11. The highest BCUT2D eigenvalue weighted by Gasteiger charge is 2.13. The second-order valence-electron chi connectivity index (χ2n) is 7.60. The summed E-state index contributed by atoms with van der Waals surface area (Å²) in [6, 6.07) is 27.7. The molecule has 0 heterocycles. The molecule has 0 aliphatic heterocycles. The summed E-state index contributed by atoms with van der Waals surface area (Å²) < 4.78 is 11.1. The van der Waals surface area contributed by atoms with Crippen molar-refractivity contribution < 1.29 is 19.1 Å². The van der Waals surface area contributed by atoms with Gasteiger partial charge in [-0.25, -0.2) is 10.2 Å². The SMILES string of the molecule is CCOc1cc(C=NNC(=O)CNc2ccc3ccccc3c2)ccc1OC(=O)c1ccccc1. The number of esters is 1. The highest BCUT2D eigenvalue weighted by molar-refractivity contribution is 5.92. The average molecular weight is 468 g/mol. The molecule has 0 fully saturated rings. The summed E-state index contributed by atoms with van der Waals surface area (Å²) in [5.41, 5.74) is 4.47. The van der Waals surface area contributed by atoms with Crippen molar-refractivity contribution in [3.63, 3.8) is 0 Å². The van der Waals surface area contributed by atoms with Crippen LogP contribution in [0.1, 0.15) is 22.8 Å². The Kier molecular flexibility index (Phi) is 7.70. The van der Waals surface area contributed by atoms with Gasteiger partial charge in [0.2, 0.25) is 0 Å². The number of carbonyl (C=O) groups excluding carboxylic acids is 2. The lowest BCUT2D eigenvalue weighted by molar-refractivity contribution is -0.119. The van der Waals surface area contributed by atoms with Gasteiger partial charge in [0.1, 0.15) is 0 Å². The molecule has 0 saturated carbocycles. The lowest BCUT2D eigenvalue weighted by atomic mass is 10.1. The Morgan fingerprint density at radius 2 is 1.63 bits per heavy atom. The lowest BCUT2D eigenvalue weighted by Crippen LogP contribution is -2.25. The van der Waals surface area contributed by atoms with Crippen molar-refractivity contribution in [3.05, 3.63) is 102 Å². The van der Waals surface area contributed by atoms with Crippen molar-refractivity contribution in [2.45, 2.75) is 6.92 Å². The number of hydrogen-bond donors (Lipinski definition) is 2. The van der Waals surface area contributed by atoms with E-state index in [0.29, 0.717) is 29.2 Å². The molecule has 0 atom stereocenters. The number of ether oxygens (including phenoxy) is 2. The van der Waals surface area contributed by atoms with Crippen molar-refractivity contribution in [1.29, 1.82) is 0 Å². The molecule has 1 amide bonds. The number of fused-ring (bicyclic) bond motifs is 1. The van der Waals surface area contributed by atoms with Gasteiger partial charge in [-0.1, -0.05) is 48.5 Å². The van der Waals surface area contributed by atoms with Gasteiger partial charge in [0, 0.05) is 5.69 Å². The number of amides is 1. The van der Waals surface area contributed by atoms with Gasteiger partial charge < -0.3 is 14.8 Å². The van der Waals surface area contributed by atoms with E-state index in [2.05, 4.69) is 15.8 Å². The van der Waals surface area contributed by atoms with E-state index in [4.69, 9.17) is 9.47 Å². The third-order valence-electron chi connectivity index (χ3n) is 5.09. The van der Waals surface area contributed by atoms with Crippen LogP contribution in [0.15, 0.2) is 96.1 Å². The van der Waals surface area contributed by atoms with Gasteiger partial charge in [0.15, 0.2) is 11.5 Å². The smallest absolute Gasteiger partial charge is 0.343 e. The van der Waals surface area contributed by atoms with Crippen molar-refractivity contribution in [1.82, 2.24) is 5.43 Å². The molecule has 0 saturated heterocycles. The summed E-state index contributed by atoms with van der Waals surface area (Å²) >= 11 is 0. The van der Waals surface area contributed by atoms with E-state index in [1.807, 2.05) is 55.5 Å². The number of hydrazone groups is 1. The number of nitrogens with one attached hydrogen (secondary N) is 2. The Balaban J connectivity index is 1.33. The molecule has 4 rings (SSSR count). The quantitative estimate of drug-likeness (QED) is 0.156. The first-order valence-electron chi connectivity index (χ1n) is 11.2. The number of benzene rings is 4. The van der Waals surface area contributed by atoms with Crippen LogP contribution in [0.3, 0.4) is 0 Å². The number of anilines is 1. The first kappa shape index (κ1) is 23.5. The fourth-order valence-electron chi connectivity index (χ4n) is 3.39. The van der Waals surface area contributed by atoms with Crippen LogP contribution < -0.4 is 20.2 Å². The van der Waals surface area contributed by atoms with Crippen LogP contribution in [0, 0.1) is 0 Å². The van der Waals surface area contributed by atoms with E-state index in [0.717, 1.165) is 16.5 Å². The first-order valence-corrected chi connectivity index (χ1v) is 11.2. The first-order chi connectivity index (χ1) is 17.1. The number of nitrogens with zero attached hydrogens (tertiary/aromatic N) is 1. The van der Waals surface area contributed by atoms with Gasteiger partial charge >= 0.3 is 5.97 Å². The summed E-state index contributed by atoms with van der Waals surface area (Å²) in [6.07, 6.45) is 1.50. The molecule has 0 aliphatic carbocycles. The van der Waals surface area contributed by atoms with Crippen molar-refractivity contribution in [2.24, 2.45) is 5.10 Å². The minimum absolute atomic E-state index is 0.0776. The van der Waals surface area contributed by atoms with Crippen LogP contribution in [-0.2, 0) is 4.79 Å². The maximum Gasteiger partial charge on any atom is 0.343 e. The van der Waals surface area contributed by atoms with E-state index >= 15 is 0 Å². The molecule has 0 radical (unpaired) electrons. The minimum atomic E-state index is -0.473. The predicted molar refractivity (Wildman–Crippen MR) is 137 cm³/mol. The molecule has 4 aromatic carbocycles. The molecule has 0 bridgehead atoms. The Bertz CT molecular complexity index is 1350. The molecule has 2 N–H and O–H groups in total. The van der Waals surface area contributed by atoms with Gasteiger partial charge in [0.05, 0.1) is 24.9 Å². The third kappa shape index (κ3) is 6.45. The van der Waals surface area contributed by atoms with Crippen LogP contribution in [0.4, 0.5) is 5.69 Å². The van der Waals surface area contributed by atoms with Crippen LogP contribution >= 0.6 is 0 Å². The average Bonchev–Trinajstić information content (AvgIpc) is 2.89. The predicted octanol–water partition coefficient (Wildman–Crippen LogP) is 5.02. The molecule has 176 valence electrons. The molecule has 0 unspecified atom stereocenters. The zero-order valence-electron chi connectivity index (χ0n) is 19.2. The Hall–Kier alpha value is -4.65. The maximum absolute atomic E-state index is 12.4. The number of rotatable bonds is 9. The molecule has 0 aliphatic rings.